The summed E-state index contributed by atoms with van der Waals surface area (Å²) < 4.78 is 4.04. The summed E-state index contributed by atoms with van der Waals surface area (Å²) in [5.41, 5.74) is 8.33. The second-order valence-corrected chi connectivity index (χ2v) is 6.59. The minimum Gasteiger partial charge on any atom is -0.383 e. The minimum absolute atomic E-state index is 0.559. The summed E-state index contributed by atoms with van der Waals surface area (Å²) in [6.45, 7) is 5.38. The molecule has 2 N–H and O–H groups in total. The number of hydrogen-bond donors (Lipinski definition) is 1. The Morgan fingerprint density at radius 1 is 1.33 bits per heavy atom. The molecule has 1 aliphatic rings. The number of nitrogen functional groups attached to an aromatic ring is 1. The first-order valence-corrected chi connectivity index (χ1v) is 7.91. The quantitative estimate of drug-likeness (QED) is 0.939. The molecule has 0 aliphatic heterocycles. The third-order valence-electron chi connectivity index (χ3n) is 4.28. The first-order valence-electron chi connectivity index (χ1n) is 7.91. The van der Waals surface area contributed by atoms with E-state index < -0.39 is 0 Å². The number of aromatic nitrogens is 4. The lowest BCUT2D eigenvalue weighted by atomic mass is 10.1. The van der Waals surface area contributed by atoms with E-state index in [-0.39, 0.29) is 0 Å². The van der Waals surface area contributed by atoms with Crippen LogP contribution in [0.15, 0.2) is 12.4 Å². The van der Waals surface area contributed by atoms with E-state index in [4.69, 9.17) is 10.7 Å². The molecule has 0 radical (unpaired) electrons. The largest absolute Gasteiger partial charge is 0.383 e. The van der Waals surface area contributed by atoms with Crippen LogP contribution < -0.4 is 5.73 Å². The van der Waals surface area contributed by atoms with Crippen molar-refractivity contribution in [2.45, 2.75) is 52.0 Å². The van der Waals surface area contributed by atoms with Gasteiger partial charge < -0.3 is 10.3 Å². The lowest BCUT2D eigenvalue weighted by molar-refractivity contribution is 0.492. The Morgan fingerprint density at radius 3 is 2.62 bits per heavy atom. The van der Waals surface area contributed by atoms with Gasteiger partial charge in [-0.15, -0.1) is 0 Å². The molecule has 0 spiro atoms. The van der Waals surface area contributed by atoms with Crippen molar-refractivity contribution < 1.29 is 0 Å². The van der Waals surface area contributed by atoms with Crippen LogP contribution in [0.4, 0.5) is 5.82 Å². The zero-order valence-electron chi connectivity index (χ0n) is 13.2. The van der Waals surface area contributed by atoms with E-state index >= 15 is 0 Å². The summed E-state index contributed by atoms with van der Waals surface area (Å²) in [6, 6.07) is 0. The molecule has 2 heterocycles. The van der Waals surface area contributed by atoms with Gasteiger partial charge in [-0.25, -0.2) is 4.98 Å². The Hall–Kier alpha value is -1.78. The van der Waals surface area contributed by atoms with Crippen LogP contribution in [0.2, 0.25) is 0 Å². The van der Waals surface area contributed by atoms with Gasteiger partial charge in [-0.1, -0.05) is 26.7 Å². The van der Waals surface area contributed by atoms with E-state index in [1.165, 1.54) is 31.5 Å². The standard InChI is InChI=1S/C16H25N5/c1-11(2)9-21-15(17)14(13-8-18-20(3)10-13)19-16(21)12-6-4-5-7-12/h8,10-12H,4-7,9,17H2,1-3H3. The second-order valence-electron chi connectivity index (χ2n) is 6.59. The van der Waals surface area contributed by atoms with E-state index in [0.717, 1.165) is 23.6 Å². The molecule has 1 aliphatic carbocycles. The molecule has 1 saturated carbocycles. The van der Waals surface area contributed by atoms with Gasteiger partial charge >= 0.3 is 0 Å². The number of hydrogen-bond acceptors (Lipinski definition) is 3. The summed E-state index contributed by atoms with van der Waals surface area (Å²) >= 11 is 0. The highest BCUT2D eigenvalue weighted by Crippen LogP contribution is 2.37. The monoisotopic (exact) mass is 287 g/mol. The van der Waals surface area contributed by atoms with Gasteiger partial charge in [0.05, 0.1) is 6.20 Å². The molecule has 5 nitrogen and oxygen atoms in total. The maximum absolute atomic E-state index is 6.42. The normalized spacial score (nSPS) is 16.2. The van der Waals surface area contributed by atoms with Gasteiger partial charge in [0.25, 0.3) is 0 Å². The van der Waals surface area contributed by atoms with Gasteiger partial charge in [0, 0.05) is 31.3 Å². The fourth-order valence-corrected chi connectivity index (χ4v) is 3.29. The molecule has 0 aromatic carbocycles. The molecule has 0 amide bonds. The van der Waals surface area contributed by atoms with Crippen LogP contribution in [-0.4, -0.2) is 19.3 Å². The maximum atomic E-state index is 6.42. The van der Waals surface area contributed by atoms with Gasteiger partial charge in [0.2, 0.25) is 0 Å². The smallest absolute Gasteiger partial charge is 0.131 e. The van der Waals surface area contributed by atoms with Crippen LogP contribution in [0.5, 0.6) is 0 Å². The Morgan fingerprint density at radius 2 is 2.05 bits per heavy atom. The number of nitrogens with two attached hydrogens (primary N) is 1. The molecule has 2 aromatic heterocycles. The number of imidazole rings is 1. The summed E-state index contributed by atoms with van der Waals surface area (Å²) in [5, 5.41) is 4.24. The van der Waals surface area contributed by atoms with Crippen LogP contribution in [-0.2, 0) is 13.6 Å². The van der Waals surface area contributed by atoms with Crippen LogP contribution >= 0.6 is 0 Å². The lowest BCUT2D eigenvalue weighted by Gasteiger charge is -2.15. The molecule has 3 rings (SSSR count). The predicted octanol–water partition coefficient (Wildman–Crippen LogP) is 3.18. The van der Waals surface area contributed by atoms with Crippen LogP contribution in [0.25, 0.3) is 11.3 Å². The van der Waals surface area contributed by atoms with Crippen LogP contribution in [0.1, 0.15) is 51.3 Å². The van der Waals surface area contributed by atoms with E-state index in [1.807, 2.05) is 19.4 Å². The van der Waals surface area contributed by atoms with Crippen molar-refractivity contribution in [3.63, 3.8) is 0 Å². The van der Waals surface area contributed by atoms with Gasteiger partial charge in [0.15, 0.2) is 0 Å². The third kappa shape index (κ3) is 2.69. The summed E-state index contributed by atoms with van der Waals surface area (Å²) in [7, 11) is 1.92. The summed E-state index contributed by atoms with van der Waals surface area (Å²) in [4.78, 5) is 4.91. The van der Waals surface area contributed by atoms with Crippen molar-refractivity contribution in [2.24, 2.45) is 13.0 Å². The molecule has 1 fully saturated rings. The SMILES string of the molecule is CC(C)Cn1c(C2CCCC2)nc(-c2cnn(C)c2)c1N. The number of nitrogens with zero attached hydrogens (tertiary/aromatic N) is 4. The number of anilines is 1. The van der Waals surface area contributed by atoms with Crippen LogP contribution in [0.3, 0.4) is 0 Å². The Balaban J connectivity index is 2.05. The van der Waals surface area contributed by atoms with Crippen molar-refractivity contribution in [1.29, 1.82) is 0 Å². The summed E-state index contributed by atoms with van der Waals surface area (Å²) in [6.07, 6.45) is 8.92. The van der Waals surface area contributed by atoms with Crippen LogP contribution in [0, 0.1) is 5.92 Å². The van der Waals surface area contributed by atoms with E-state index in [2.05, 4.69) is 23.5 Å². The number of rotatable bonds is 4. The Labute approximate surface area is 126 Å². The van der Waals surface area contributed by atoms with Crippen molar-refractivity contribution >= 4 is 5.82 Å². The molecule has 0 atom stereocenters. The van der Waals surface area contributed by atoms with Gasteiger partial charge in [-0.3, -0.25) is 4.68 Å². The molecule has 0 saturated heterocycles. The zero-order valence-corrected chi connectivity index (χ0v) is 13.2. The van der Waals surface area contributed by atoms with E-state index in [1.54, 1.807) is 4.68 Å². The molecule has 0 bridgehead atoms. The average molecular weight is 287 g/mol. The molecule has 0 unspecified atom stereocenters. The second kappa shape index (κ2) is 5.54. The number of aryl methyl sites for hydroxylation is 1. The molecular formula is C16H25N5. The topological polar surface area (TPSA) is 61.7 Å². The zero-order chi connectivity index (χ0) is 15.0. The Kier molecular flexibility index (Phi) is 3.74. The van der Waals surface area contributed by atoms with Gasteiger partial charge in [-0.05, 0) is 18.8 Å². The molecule has 114 valence electrons. The maximum Gasteiger partial charge on any atom is 0.131 e. The molecular weight excluding hydrogens is 262 g/mol. The van der Waals surface area contributed by atoms with E-state index in [0.29, 0.717) is 11.8 Å². The third-order valence-corrected chi connectivity index (χ3v) is 4.28. The summed E-state index contributed by atoms with van der Waals surface area (Å²) in [5.74, 6) is 3.09. The molecule has 21 heavy (non-hydrogen) atoms. The molecule has 5 heteroatoms. The van der Waals surface area contributed by atoms with Crippen molar-refractivity contribution in [1.82, 2.24) is 19.3 Å². The van der Waals surface area contributed by atoms with Gasteiger partial charge in [-0.2, -0.15) is 5.10 Å². The fraction of sp³-hybridized carbons (Fsp3) is 0.625. The first-order chi connectivity index (χ1) is 10.1. The lowest BCUT2D eigenvalue weighted by Crippen LogP contribution is -2.13. The average Bonchev–Trinajstić information content (AvgIpc) is 3.12. The van der Waals surface area contributed by atoms with Crippen molar-refractivity contribution in [2.75, 3.05) is 5.73 Å². The highest BCUT2D eigenvalue weighted by molar-refractivity contribution is 5.70. The molecule has 2 aromatic rings. The highest BCUT2D eigenvalue weighted by Gasteiger charge is 2.26. The van der Waals surface area contributed by atoms with E-state index in [9.17, 15) is 0 Å². The highest BCUT2D eigenvalue weighted by atomic mass is 15.2. The first kappa shape index (κ1) is 14.2. The predicted molar refractivity (Wildman–Crippen MR) is 84.9 cm³/mol. The van der Waals surface area contributed by atoms with Crippen molar-refractivity contribution in [3.8, 4) is 11.3 Å². The fourth-order valence-electron chi connectivity index (χ4n) is 3.29. The Bertz CT molecular complexity index is 617. The van der Waals surface area contributed by atoms with Gasteiger partial charge in [0.1, 0.15) is 17.3 Å². The minimum atomic E-state index is 0.559. The van der Waals surface area contributed by atoms with Crippen molar-refractivity contribution in [3.05, 3.63) is 18.2 Å².